The molecule has 8 heteroatoms. The van der Waals surface area contributed by atoms with E-state index in [1.807, 2.05) is 37.3 Å². The molecule has 6 nitrogen and oxygen atoms in total. The van der Waals surface area contributed by atoms with Gasteiger partial charge in [0.15, 0.2) is 0 Å². The predicted molar refractivity (Wildman–Crippen MR) is 124 cm³/mol. The Kier molecular flexibility index (Phi) is 6.49. The summed E-state index contributed by atoms with van der Waals surface area (Å²) in [6.07, 6.45) is -0.386. The highest BCUT2D eigenvalue weighted by Crippen LogP contribution is 2.27. The number of amides is 1. The van der Waals surface area contributed by atoms with Gasteiger partial charge in [0.25, 0.3) is 15.9 Å². The van der Waals surface area contributed by atoms with Gasteiger partial charge in [-0.2, -0.15) is 0 Å². The summed E-state index contributed by atoms with van der Waals surface area (Å²) in [6.45, 7) is 4.30. The Balaban J connectivity index is 1.53. The molecular weight excluding hydrogens is 443 g/mol. The molecule has 3 aromatic rings. The largest absolute Gasteiger partial charge is 0.367 e. The molecule has 1 aliphatic heterocycles. The van der Waals surface area contributed by atoms with Gasteiger partial charge in [-0.15, -0.1) is 0 Å². The average Bonchev–Trinajstić information content (AvgIpc) is 2.80. The number of hydrogen-bond donors (Lipinski definition) is 1. The van der Waals surface area contributed by atoms with E-state index in [2.05, 4.69) is 4.72 Å². The lowest BCUT2D eigenvalue weighted by molar-refractivity contribution is -0.0691. The molecular formula is C25H25FN2O4S. The number of morpholine rings is 1. The van der Waals surface area contributed by atoms with Crippen molar-refractivity contribution in [3.8, 4) is 0 Å². The van der Waals surface area contributed by atoms with E-state index in [4.69, 9.17) is 4.74 Å². The number of carbonyl (C=O) groups is 1. The van der Waals surface area contributed by atoms with Gasteiger partial charge in [0.05, 0.1) is 17.5 Å². The van der Waals surface area contributed by atoms with Crippen molar-refractivity contribution in [1.82, 2.24) is 4.90 Å². The summed E-state index contributed by atoms with van der Waals surface area (Å²) in [7, 11) is -4.01. The molecule has 1 aliphatic rings. The molecule has 0 spiro atoms. The van der Waals surface area contributed by atoms with Gasteiger partial charge in [-0.3, -0.25) is 9.52 Å². The van der Waals surface area contributed by atoms with Crippen LogP contribution in [0.5, 0.6) is 0 Å². The number of aryl methyl sites for hydroxylation is 1. The summed E-state index contributed by atoms with van der Waals surface area (Å²) >= 11 is 0. The fourth-order valence-electron chi connectivity index (χ4n) is 3.82. The number of halogens is 1. The fourth-order valence-corrected chi connectivity index (χ4v) is 4.88. The summed E-state index contributed by atoms with van der Waals surface area (Å²) in [6, 6.07) is 19.7. The van der Waals surface area contributed by atoms with E-state index in [1.165, 1.54) is 18.2 Å². The van der Waals surface area contributed by atoms with E-state index in [1.54, 1.807) is 30.0 Å². The third kappa shape index (κ3) is 5.23. The molecule has 0 bridgehead atoms. The van der Waals surface area contributed by atoms with Crippen LogP contribution in [0.2, 0.25) is 0 Å². The molecule has 0 aromatic heterocycles. The van der Waals surface area contributed by atoms with Gasteiger partial charge in [-0.05, 0) is 55.3 Å². The molecule has 3 aromatic carbocycles. The van der Waals surface area contributed by atoms with E-state index >= 15 is 0 Å². The van der Waals surface area contributed by atoms with Crippen molar-refractivity contribution in [2.45, 2.75) is 31.0 Å². The van der Waals surface area contributed by atoms with Crippen LogP contribution in [0, 0.1) is 12.7 Å². The van der Waals surface area contributed by atoms with E-state index in [0.717, 1.165) is 11.6 Å². The molecule has 172 valence electrons. The monoisotopic (exact) mass is 468 g/mol. The van der Waals surface area contributed by atoms with Gasteiger partial charge in [0.2, 0.25) is 0 Å². The number of benzene rings is 3. The van der Waals surface area contributed by atoms with Crippen molar-refractivity contribution in [3.63, 3.8) is 0 Å². The standard InChI is InChI=1S/C25H25FN2O4S/c1-17-11-12-22(14-23(17)26)33(30,31)27-21-10-6-9-20(13-21)25(29)28-15-18(2)32-24(16-28)19-7-4-3-5-8-19/h3-14,18,24,27H,15-16H2,1-2H3. The molecule has 1 fully saturated rings. The molecule has 2 atom stereocenters. The van der Waals surface area contributed by atoms with Crippen molar-refractivity contribution < 1.29 is 22.3 Å². The lowest BCUT2D eigenvalue weighted by atomic mass is 10.1. The number of rotatable bonds is 5. The first-order chi connectivity index (χ1) is 15.7. The van der Waals surface area contributed by atoms with Crippen LogP contribution in [0.15, 0.2) is 77.7 Å². The first-order valence-corrected chi connectivity index (χ1v) is 12.1. The lowest BCUT2D eigenvalue weighted by Crippen LogP contribution is -2.46. The topological polar surface area (TPSA) is 75.7 Å². The summed E-state index contributed by atoms with van der Waals surface area (Å²) in [5, 5.41) is 0. The average molecular weight is 469 g/mol. The van der Waals surface area contributed by atoms with E-state index < -0.39 is 15.8 Å². The van der Waals surface area contributed by atoms with Gasteiger partial charge in [0.1, 0.15) is 11.9 Å². The highest BCUT2D eigenvalue weighted by molar-refractivity contribution is 7.92. The molecule has 4 rings (SSSR count). The summed E-state index contributed by atoms with van der Waals surface area (Å²) in [4.78, 5) is 14.8. The Bertz CT molecular complexity index is 1260. The zero-order valence-electron chi connectivity index (χ0n) is 18.4. The number of hydrogen-bond acceptors (Lipinski definition) is 4. The predicted octanol–water partition coefficient (Wildman–Crippen LogP) is 4.54. The number of anilines is 1. The lowest BCUT2D eigenvalue weighted by Gasteiger charge is -2.37. The van der Waals surface area contributed by atoms with Crippen LogP contribution in [0.1, 0.15) is 34.5 Å². The summed E-state index contributed by atoms with van der Waals surface area (Å²) in [5.74, 6) is -0.815. The first kappa shape index (κ1) is 22.9. The third-order valence-corrected chi connectivity index (χ3v) is 6.91. The first-order valence-electron chi connectivity index (χ1n) is 10.6. The van der Waals surface area contributed by atoms with E-state index in [9.17, 15) is 17.6 Å². The van der Waals surface area contributed by atoms with Crippen molar-refractivity contribution in [1.29, 1.82) is 0 Å². The Morgan fingerprint density at radius 3 is 2.52 bits per heavy atom. The molecule has 0 radical (unpaired) electrons. The smallest absolute Gasteiger partial charge is 0.261 e. The quantitative estimate of drug-likeness (QED) is 0.597. The van der Waals surface area contributed by atoms with E-state index in [-0.39, 0.29) is 28.7 Å². The second-order valence-corrected chi connectivity index (χ2v) is 9.84. The van der Waals surface area contributed by atoms with Gasteiger partial charge < -0.3 is 9.64 Å². The number of nitrogens with one attached hydrogen (secondary N) is 1. The van der Waals surface area contributed by atoms with Crippen LogP contribution in [0.3, 0.4) is 0 Å². The van der Waals surface area contributed by atoms with Crippen LogP contribution in [-0.2, 0) is 14.8 Å². The van der Waals surface area contributed by atoms with E-state index in [0.29, 0.717) is 24.2 Å². The molecule has 33 heavy (non-hydrogen) atoms. The number of nitrogens with zero attached hydrogens (tertiary/aromatic N) is 1. The second kappa shape index (κ2) is 9.33. The SMILES string of the molecule is Cc1ccc(S(=O)(=O)Nc2cccc(C(=O)N3CC(C)OC(c4ccccc4)C3)c2)cc1F. The molecule has 0 aliphatic carbocycles. The number of sulfonamides is 1. The normalized spacial score (nSPS) is 18.7. The van der Waals surface area contributed by atoms with Crippen LogP contribution in [-0.4, -0.2) is 38.4 Å². The maximum Gasteiger partial charge on any atom is 0.261 e. The third-order valence-electron chi connectivity index (χ3n) is 5.53. The zero-order chi connectivity index (χ0) is 23.6. The van der Waals surface area contributed by atoms with Crippen molar-refractivity contribution in [3.05, 3.63) is 95.3 Å². The van der Waals surface area contributed by atoms with Crippen molar-refractivity contribution in [2.75, 3.05) is 17.8 Å². The number of ether oxygens (including phenoxy) is 1. The highest BCUT2D eigenvalue weighted by Gasteiger charge is 2.30. The highest BCUT2D eigenvalue weighted by atomic mass is 32.2. The molecule has 1 heterocycles. The molecule has 2 unspecified atom stereocenters. The molecule has 1 N–H and O–H groups in total. The van der Waals surface area contributed by atoms with Crippen LogP contribution >= 0.6 is 0 Å². The Hall–Kier alpha value is -3.23. The Morgan fingerprint density at radius 1 is 1.03 bits per heavy atom. The molecule has 1 saturated heterocycles. The van der Waals surface area contributed by atoms with Crippen LogP contribution in [0.4, 0.5) is 10.1 Å². The van der Waals surface area contributed by atoms with Gasteiger partial charge in [-0.1, -0.05) is 42.5 Å². The van der Waals surface area contributed by atoms with Gasteiger partial charge >= 0.3 is 0 Å². The maximum absolute atomic E-state index is 13.9. The maximum atomic E-state index is 13.9. The summed E-state index contributed by atoms with van der Waals surface area (Å²) < 4.78 is 47.7. The Labute approximate surface area is 193 Å². The number of carbonyl (C=O) groups excluding carboxylic acids is 1. The minimum atomic E-state index is -4.01. The van der Waals surface area contributed by atoms with Gasteiger partial charge in [-0.25, -0.2) is 12.8 Å². The van der Waals surface area contributed by atoms with Crippen LogP contribution in [0.25, 0.3) is 0 Å². The zero-order valence-corrected chi connectivity index (χ0v) is 19.2. The fraction of sp³-hybridized carbons (Fsp3) is 0.240. The van der Waals surface area contributed by atoms with Crippen LogP contribution < -0.4 is 4.72 Å². The molecule has 0 saturated carbocycles. The Morgan fingerprint density at radius 2 is 1.79 bits per heavy atom. The van der Waals surface area contributed by atoms with Crippen molar-refractivity contribution >= 4 is 21.6 Å². The minimum Gasteiger partial charge on any atom is -0.367 e. The second-order valence-electron chi connectivity index (χ2n) is 8.15. The van der Waals surface area contributed by atoms with Gasteiger partial charge in [0, 0.05) is 17.8 Å². The minimum absolute atomic E-state index is 0.147. The summed E-state index contributed by atoms with van der Waals surface area (Å²) in [5.41, 5.74) is 1.93. The molecule has 1 amide bonds. The van der Waals surface area contributed by atoms with Crippen molar-refractivity contribution in [2.24, 2.45) is 0 Å².